The third-order valence-electron chi connectivity index (χ3n) is 4.08. The number of nitrogens with zero attached hydrogens (tertiary/aromatic N) is 2. The number of hydrogen-bond acceptors (Lipinski definition) is 4. The first kappa shape index (κ1) is 14.6. The van der Waals surface area contributed by atoms with Crippen molar-refractivity contribution in [2.45, 2.75) is 38.6 Å². The zero-order valence-electron chi connectivity index (χ0n) is 12.3. The quantitative estimate of drug-likeness (QED) is 0.531. The summed E-state index contributed by atoms with van der Waals surface area (Å²) in [4.78, 5) is 35.6. The molecular formula is C14H19N5O3. The van der Waals surface area contributed by atoms with Gasteiger partial charge in [-0.15, -0.1) is 0 Å². The lowest BCUT2D eigenvalue weighted by Gasteiger charge is -2.12. The molecule has 118 valence electrons. The second kappa shape index (κ2) is 6.17. The monoisotopic (exact) mass is 305 g/mol. The number of H-pyrrole nitrogens is 1. The first-order valence-corrected chi connectivity index (χ1v) is 7.55. The fraction of sp³-hybridized carbons (Fsp3) is 0.571. The van der Waals surface area contributed by atoms with Gasteiger partial charge in [0.25, 0.3) is 5.91 Å². The van der Waals surface area contributed by atoms with E-state index in [2.05, 4.69) is 20.8 Å². The Morgan fingerprint density at radius 1 is 1.23 bits per heavy atom. The van der Waals surface area contributed by atoms with Gasteiger partial charge in [-0.05, 0) is 31.2 Å². The maximum Gasteiger partial charge on any atom is 0.325 e. The molecule has 1 aliphatic carbocycles. The third-order valence-corrected chi connectivity index (χ3v) is 4.08. The summed E-state index contributed by atoms with van der Waals surface area (Å²) in [5.74, 6) is -0.746. The predicted octanol–water partition coefficient (Wildman–Crippen LogP) is -0.153. The first-order chi connectivity index (χ1) is 10.6. The Balaban J connectivity index is 1.56. The van der Waals surface area contributed by atoms with E-state index in [9.17, 15) is 14.4 Å². The summed E-state index contributed by atoms with van der Waals surface area (Å²) in [5.41, 5.74) is 3.21. The van der Waals surface area contributed by atoms with Crippen LogP contribution in [0.1, 0.15) is 36.2 Å². The summed E-state index contributed by atoms with van der Waals surface area (Å²) in [5, 5.41) is 12.4. The summed E-state index contributed by atoms with van der Waals surface area (Å²) in [7, 11) is 0. The number of hydrogen-bond donors (Lipinski definition) is 3. The zero-order valence-corrected chi connectivity index (χ0v) is 12.3. The number of imide groups is 1. The molecule has 1 aromatic heterocycles. The van der Waals surface area contributed by atoms with Crippen molar-refractivity contribution in [3.63, 3.8) is 0 Å². The zero-order chi connectivity index (χ0) is 15.5. The van der Waals surface area contributed by atoms with Gasteiger partial charge in [0.2, 0.25) is 5.91 Å². The minimum atomic E-state index is -0.520. The van der Waals surface area contributed by atoms with Crippen molar-refractivity contribution < 1.29 is 14.4 Å². The smallest absolute Gasteiger partial charge is 0.325 e. The highest BCUT2D eigenvalue weighted by atomic mass is 16.2. The van der Waals surface area contributed by atoms with Crippen LogP contribution < -0.4 is 10.6 Å². The molecule has 2 heterocycles. The predicted molar refractivity (Wildman–Crippen MR) is 76.8 cm³/mol. The molecular weight excluding hydrogens is 286 g/mol. The van der Waals surface area contributed by atoms with Gasteiger partial charge >= 0.3 is 6.03 Å². The van der Waals surface area contributed by atoms with Crippen LogP contribution in [-0.4, -0.2) is 46.0 Å². The summed E-state index contributed by atoms with van der Waals surface area (Å²) < 4.78 is 0. The van der Waals surface area contributed by atoms with Gasteiger partial charge in [0, 0.05) is 5.69 Å². The number of aromatic nitrogens is 2. The highest BCUT2D eigenvalue weighted by Gasteiger charge is 2.30. The Bertz CT molecular complexity index is 594. The molecule has 0 atom stereocenters. The van der Waals surface area contributed by atoms with Crippen LogP contribution in [0.2, 0.25) is 0 Å². The molecule has 0 saturated carbocycles. The van der Waals surface area contributed by atoms with Crippen LogP contribution in [0.25, 0.3) is 0 Å². The van der Waals surface area contributed by atoms with Crippen LogP contribution in [0.5, 0.6) is 0 Å². The number of amides is 4. The van der Waals surface area contributed by atoms with E-state index in [1.807, 2.05) is 0 Å². The number of aromatic amines is 1. The topological polar surface area (TPSA) is 107 Å². The number of fused-ring (bicyclic) bond motifs is 1. The fourth-order valence-corrected chi connectivity index (χ4v) is 2.87. The minimum Gasteiger partial charge on any atom is -0.349 e. The molecule has 3 rings (SSSR count). The van der Waals surface area contributed by atoms with Gasteiger partial charge in [-0.2, -0.15) is 5.10 Å². The van der Waals surface area contributed by atoms with E-state index in [0.717, 1.165) is 42.0 Å². The first-order valence-electron chi connectivity index (χ1n) is 7.55. The highest BCUT2D eigenvalue weighted by molar-refractivity contribution is 6.04. The molecule has 1 aromatic rings. The summed E-state index contributed by atoms with van der Waals surface area (Å²) in [6.45, 7) is 0.0184. The maximum absolute atomic E-state index is 11.9. The molecule has 2 aliphatic rings. The van der Waals surface area contributed by atoms with Crippen molar-refractivity contribution in [2.24, 2.45) is 0 Å². The van der Waals surface area contributed by atoms with Gasteiger partial charge in [-0.25, -0.2) is 4.79 Å². The molecule has 0 unspecified atom stereocenters. The maximum atomic E-state index is 11.9. The highest BCUT2D eigenvalue weighted by Crippen LogP contribution is 2.21. The Hall–Kier alpha value is -2.38. The summed E-state index contributed by atoms with van der Waals surface area (Å²) >= 11 is 0. The lowest BCUT2D eigenvalue weighted by Crippen LogP contribution is -2.40. The molecule has 1 fully saturated rings. The van der Waals surface area contributed by atoms with Crippen molar-refractivity contribution in [2.75, 3.05) is 13.1 Å². The molecule has 3 N–H and O–H groups in total. The van der Waals surface area contributed by atoms with Crippen molar-refractivity contribution in [3.8, 4) is 0 Å². The Morgan fingerprint density at radius 3 is 2.82 bits per heavy atom. The number of nitrogens with one attached hydrogen (secondary N) is 3. The van der Waals surface area contributed by atoms with Gasteiger partial charge < -0.3 is 10.6 Å². The standard InChI is InChI=1S/C14H19N5O3/c20-12(8-19-13(21)7-16-14(19)22)15-6-11-9-4-2-1-3-5-10(9)17-18-11/h1-8H2,(H,15,20)(H,16,22)(H,17,18). The largest absolute Gasteiger partial charge is 0.349 e. The van der Waals surface area contributed by atoms with E-state index >= 15 is 0 Å². The van der Waals surface area contributed by atoms with E-state index in [4.69, 9.17) is 0 Å². The van der Waals surface area contributed by atoms with Crippen LogP contribution >= 0.6 is 0 Å². The lowest BCUT2D eigenvalue weighted by atomic mass is 10.1. The van der Waals surface area contributed by atoms with Crippen molar-refractivity contribution in [1.82, 2.24) is 25.7 Å². The average Bonchev–Trinajstić information content (AvgIpc) is 2.93. The molecule has 8 nitrogen and oxygen atoms in total. The molecule has 1 aliphatic heterocycles. The summed E-state index contributed by atoms with van der Waals surface area (Å²) in [6.07, 6.45) is 5.48. The van der Waals surface area contributed by atoms with Crippen LogP contribution in [-0.2, 0) is 29.0 Å². The molecule has 8 heteroatoms. The van der Waals surface area contributed by atoms with E-state index in [0.29, 0.717) is 6.54 Å². The van der Waals surface area contributed by atoms with Gasteiger partial charge in [-0.1, -0.05) is 6.42 Å². The minimum absolute atomic E-state index is 0.0427. The Kier molecular flexibility index (Phi) is 4.08. The SMILES string of the molecule is O=C(CN1C(=O)CNC1=O)NCc1n[nH]c2c1CCCCC2. The molecule has 0 spiro atoms. The van der Waals surface area contributed by atoms with E-state index < -0.39 is 6.03 Å². The van der Waals surface area contributed by atoms with Crippen LogP contribution in [0.4, 0.5) is 4.79 Å². The Morgan fingerprint density at radius 2 is 2.05 bits per heavy atom. The average molecular weight is 305 g/mol. The summed E-state index contributed by atoms with van der Waals surface area (Å²) in [6, 6.07) is -0.520. The molecule has 1 saturated heterocycles. The van der Waals surface area contributed by atoms with Crippen molar-refractivity contribution >= 4 is 17.8 Å². The molecule has 0 bridgehead atoms. The number of aryl methyl sites for hydroxylation is 1. The lowest BCUT2D eigenvalue weighted by molar-refractivity contribution is -0.130. The van der Waals surface area contributed by atoms with Crippen LogP contribution in [0, 0.1) is 0 Å². The second-order valence-electron chi connectivity index (χ2n) is 5.60. The van der Waals surface area contributed by atoms with Crippen LogP contribution in [0.3, 0.4) is 0 Å². The van der Waals surface area contributed by atoms with E-state index in [-0.39, 0.29) is 24.9 Å². The number of carbonyl (C=O) groups is 3. The van der Waals surface area contributed by atoms with Gasteiger partial charge in [0.1, 0.15) is 6.54 Å². The normalized spacial score (nSPS) is 17.9. The van der Waals surface area contributed by atoms with E-state index in [1.54, 1.807) is 0 Å². The molecule has 0 aromatic carbocycles. The van der Waals surface area contributed by atoms with Crippen molar-refractivity contribution in [1.29, 1.82) is 0 Å². The molecule has 0 radical (unpaired) electrons. The van der Waals surface area contributed by atoms with Gasteiger partial charge in [0.05, 0.1) is 18.8 Å². The number of urea groups is 1. The van der Waals surface area contributed by atoms with E-state index in [1.165, 1.54) is 12.0 Å². The van der Waals surface area contributed by atoms with Gasteiger partial charge in [-0.3, -0.25) is 19.6 Å². The van der Waals surface area contributed by atoms with Crippen molar-refractivity contribution in [3.05, 3.63) is 17.0 Å². The van der Waals surface area contributed by atoms with Gasteiger partial charge in [0.15, 0.2) is 0 Å². The fourth-order valence-electron chi connectivity index (χ4n) is 2.87. The number of rotatable bonds is 4. The molecule has 22 heavy (non-hydrogen) atoms. The second-order valence-corrected chi connectivity index (χ2v) is 5.60. The number of carbonyl (C=O) groups excluding carboxylic acids is 3. The molecule has 4 amide bonds. The Labute approximate surface area is 127 Å². The third kappa shape index (κ3) is 2.95. The van der Waals surface area contributed by atoms with Crippen LogP contribution in [0.15, 0.2) is 0 Å².